The third kappa shape index (κ3) is 3.57. The van der Waals surface area contributed by atoms with Crippen molar-refractivity contribution in [2.75, 3.05) is 12.4 Å². The molecule has 0 saturated carbocycles. The van der Waals surface area contributed by atoms with Gasteiger partial charge in [0.05, 0.1) is 19.0 Å². The molecule has 0 unspecified atom stereocenters. The van der Waals surface area contributed by atoms with Crippen LogP contribution in [0, 0.1) is 5.82 Å². The Kier molecular flexibility index (Phi) is 4.34. The normalized spacial score (nSPS) is 10.3. The van der Waals surface area contributed by atoms with Gasteiger partial charge in [-0.2, -0.15) is 5.10 Å². The van der Waals surface area contributed by atoms with Gasteiger partial charge in [-0.3, -0.25) is 9.48 Å². The number of hydrogen-bond acceptors (Lipinski definition) is 3. The molecule has 1 amide bonds. The minimum Gasteiger partial charge on any atom is -0.494 e. The number of ether oxygens (including phenoxy) is 1. The van der Waals surface area contributed by atoms with Crippen LogP contribution in [-0.2, 0) is 18.3 Å². The predicted octanol–water partition coefficient (Wildman–Crippen LogP) is 2.14. The highest BCUT2D eigenvalue weighted by molar-refractivity contribution is 5.92. The zero-order chi connectivity index (χ0) is 14.5. The van der Waals surface area contributed by atoms with Gasteiger partial charge in [0.2, 0.25) is 5.91 Å². The number of hydrogen-bond donors (Lipinski definition) is 1. The maximum atomic E-state index is 13.0. The molecule has 0 aliphatic carbocycles. The number of anilines is 1. The van der Waals surface area contributed by atoms with Crippen molar-refractivity contribution < 1.29 is 13.9 Å². The Morgan fingerprint density at radius 3 is 2.95 bits per heavy atom. The number of benzene rings is 1. The van der Waals surface area contributed by atoms with E-state index in [1.165, 1.54) is 25.3 Å². The van der Waals surface area contributed by atoms with E-state index in [0.717, 1.165) is 5.56 Å². The Morgan fingerprint density at radius 2 is 2.30 bits per heavy atom. The molecule has 0 aliphatic heterocycles. The van der Waals surface area contributed by atoms with E-state index in [1.807, 2.05) is 13.2 Å². The Hall–Kier alpha value is -2.37. The van der Waals surface area contributed by atoms with Crippen molar-refractivity contribution in [3.05, 3.63) is 42.0 Å². The molecule has 1 N–H and O–H groups in total. The second-order valence-electron chi connectivity index (χ2n) is 4.42. The second kappa shape index (κ2) is 6.18. The average molecular weight is 277 g/mol. The van der Waals surface area contributed by atoms with Gasteiger partial charge in [0, 0.05) is 25.7 Å². The highest BCUT2D eigenvalue weighted by atomic mass is 19.1. The standard InChI is InChI=1S/C14H16FN3O2/c1-18-9-10(8-16-18)3-6-14(19)17-12-5-4-11(15)7-13(12)20-2/h4-5,7-9H,3,6H2,1-2H3,(H,17,19). The SMILES string of the molecule is COc1cc(F)ccc1NC(=O)CCc1cnn(C)c1. The number of carbonyl (C=O) groups is 1. The molecule has 0 aliphatic rings. The molecule has 0 radical (unpaired) electrons. The minimum absolute atomic E-state index is 0.154. The summed E-state index contributed by atoms with van der Waals surface area (Å²) in [5, 5.41) is 6.75. The topological polar surface area (TPSA) is 56.1 Å². The number of aryl methyl sites for hydroxylation is 2. The number of carbonyl (C=O) groups excluding carboxylic acids is 1. The quantitative estimate of drug-likeness (QED) is 0.911. The van der Waals surface area contributed by atoms with E-state index in [4.69, 9.17) is 4.74 Å². The fourth-order valence-corrected chi connectivity index (χ4v) is 1.84. The molecular weight excluding hydrogens is 261 g/mol. The molecule has 6 heteroatoms. The number of amides is 1. The lowest BCUT2D eigenvalue weighted by molar-refractivity contribution is -0.116. The number of aromatic nitrogens is 2. The first kappa shape index (κ1) is 14.0. The van der Waals surface area contributed by atoms with E-state index < -0.39 is 5.82 Å². The van der Waals surface area contributed by atoms with Gasteiger partial charge in [0.1, 0.15) is 11.6 Å². The molecule has 5 nitrogen and oxygen atoms in total. The van der Waals surface area contributed by atoms with Gasteiger partial charge in [0.25, 0.3) is 0 Å². The van der Waals surface area contributed by atoms with Crippen LogP contribution in [0.3, 0.4) is 0 Å². The number of rotatable bonds is 5. The first-order valence-electron chi connectivity index (χ1n) is 6.19. The molecule has 1 aromatic heterocycles. The molecule has 20 heavy (non-hydrogen) atoms. The van der Waals surface area contributed by atoms with E-state index in [9.17, 15) is 9.18 Å². The van der Waals surface area contributed by atoms with Gasteiger partial charge in [-0.25, -0.2) is 4.39 Å². The molecule has 0 saturated heterocycles. The summed E-state index contributed by atoms with van der Waals surface area (Å²) in [7, 11) is 3.26. The fraction of sp³-hybridized carbons (Fsp3) is 0.286. The van der Waals surface area contributed by atoms with Crippen LogP contribution in [0.4, 0.5) is 10.1 Å². The smallest absolute Gasteiger partial charge is 0.224 e. The third-order valence-corrected chi connectivity index (χ3v) is 2.84. The van der Waals surface area contributed by atoms with Gasteiger partial charge >= 0.3 is 0 Å². The van der Waals surface area contributed by atoms with Crippen molar-refractivity contribution in [2.45, 2.75) is 12.8 Å². The Morgan fingerprint density at radius 1 is 1.50 bits per heavy atom. The molecule has 2 aromatic rings. The lowest BCUT2D eigenvalue weighted by atomic mass is 10.2. The van der Waals surface area contributed by atoms with Crippen LogP contribution < -0.4 is 10.1 Å². The van der Waals surface area contributed by atoms with Crippen molar-refractivity contribution in [1.82, 2.24) is 9.78 Å². The van der Waals surface area contributed by atoms with Gasteiger partial charge in [-0.15, -0.1) is 0 Å². The maximum Gasteiger partial charge on any atom is 0.224 e. The van der Waals surface area contributed by atoms with Crippen LogP contribution in [0.25, 0.3) is 0 Å². The molecule has 106 valence electrons. The van der Waals surface area contributed by atoms with Crippen LogP contribution in [0.15, 0.2) is 30.6 Å². The molecule has 2 rings (SSSR count). The van der Waals surface area contributed by atoms with Gasteiger partial charge < -0.3 is 10.1 Å². The molecular formula is C14H16FN3O2. The largest absolute Gasteiger partial charge is 0.494 e. The Balaban J connectivity index is 1.94. The second-order valence-corrected chi connectivity index (χ2v) is 4.42. The van der Waals surface area contributed by atoms with E-state index in [-0.39, 0.29) is 5.91 Å². The maximum absolute atomic E-state index is 13.0. The van der Waals surface area contributed by atoms with Crippen LogP contribution >= 0.6 is 0 Å². The number of nitrogens with zero attached hydrogens (tertiary/aromatic N) is 2. The number of halogens is 1. The van der Waals surface area contributed by atoms with Crippen LogP contribution in [0.5, 0.6) is 5.75 Å². The summed E-state index contributed by atoms with van der Waals surface area (Å²) >= 11 is 0. The van der Waals surface area contributed by atoms with Gasteiger partial charge in [-0.1, -0.05) is 0 Å². The van der Waals surface area contributed by atoms with Gasteiger partial charge in [-0.05, 0) is 24.1 Å². The highest BCUT2D eigenvalue weighted by Gasteiger charge is 2.09. The first-order chi connectivity index (χ1) is 9.58. The molecule has 0 spiro atoms. The lowest BCUT2D eigenvalue weighted by Gasteiger charge is -2.09. The average Bonchev–Trinajstić information content (AvgIpc) is 2.84. The van der Waals surface area contributed by atoms with E-state index in [0.29, 0.717) is 24.3 Å². The van der Waals surface area contributed by atoms with Crippen molar-refractivity contribution >= 4 is 11.6 Å². The van der Waals surface area contributed by atoms with Gasteiger partial charge in [0.15, 0.2) is 0 Å². The predicted molar refractivity (Wildman–Crippen MR) is 73.1 cm³/mol. The molecule has 0 atom stereocenters. The molecule has 0 fully saturated rings. The first-order valence-corrected chi connectivity index (χ1v) is 6.19. The summed E-state index contributed by atoms with van der Waals surface area (Å²) in [6.45, 7) is 0. The molecule has 1 aromatic carbocycles. The van der Waals surface area contributed by atoms with Crippen molar-refractivity contribution in [1.29, 1.82) is 0 Å². The molecule has 1 heterocycles. The number of methoxy groups -OCH3 is 1. The summed E-state index contributed by atoms with van der Waals surface area (Å²) in [6, 6.07) is 3.99. The van der Waals surface area contributed by atoms with Crippen LogP contribution in [0.2, 0.25) is 0 Å². The van der Waals surface area contributed by atoms with E-state index >= 15 is 0 Å². The Bertz CT molecular complexity index is 610. The summed E-state index contributed by atoms with van der Waals surface area (Å²) in [6.07, 6.45) is 4.52. The summed E-state index contributed by atoms with van der Waals surface area (Å²) < 4.78 is 19.8. The zero-order valence-corrected chi connectivity index (χ0v) is 11.4. The lowest BCUT2D eigenvalue weighted by Crippen LogP contribution is -2.13. The van der Waals surface area contributed by atoms with Crippen LogP contribution in [-0.4, -0.2) is 22.8 Å². The zero-order valence-electron chi connectivity index (χ0n) is 11.4. The highest BCUT2D eigenvalue weighted by Crippen LogP contribution is 2.25. The van der Waals surface area contributed by atoms with Crippen molar-refractivity contribution in [3.8, 4) is 5.75 Å². The minimum atomic E-state index is -0.407. The third-order valence-electron chi connectivity index (χ3n) is 2.84. The van der Waals surface area contributed by atoms with E-state index in [1.54, 1.807) is 10.9 Å². The van der Waals surface area contributed by atoms with Crippen molar-refractivity contribution in [3.63, 3.8) is 0 Å². The number of nitrogens with one attached hydrogen (secondary N) is 1. The monoisotopic (exact) mass is 277 g/mol. The molecule has 0 bridgehead atoms. The Labute approximate surface area is 116 Å². The summed E-state index contributed by atoms with van der Waals surface area (Å²) in [5.74, 6) is -0.256. The van der Waals surface area contributed by atoms with E-state index in [2.05, 4.69) is 10.4 Å². The summed E-state index contributed by atoms with van der Waals surface area (Å²) in [5.41, 5.74) is 1.46. The fourth-order valence-electron chi connectivity index (χ4n) is 1.84. The van der Waals surface area contributed by atoms with Crippen LogP contribution in [0.1, 0.15) is 12.0 Å². The summed E-state index contributed by atoms with van der Waals surface area (Å²) in [4.78, 5) is 11.9. The van der Waals surface area contributed by atoms with Crippen molar-refractivity contribution in [2.24, 2.45) is 7.05 Å².